The second-order valence-electron chi connectivity index (χ2n) is 8.97. The molecule has 8 heteroatoms. The van der Waals surface area contributed by atoms with E-state index in [1.807, 2.05) is 35.2 Å². The van der Waals surface area contributed by atoms with Crippen LogP contribution in [0.25, 0.3) is 0 Å². The molecule has 166 valence electrons. The summed E-state index contributed by atoms with van der Waals surface area (Å²) < 4.78 is 11.2. The number of methoxy groups -OCH3 is 1. The molecular weight excluding hydrogens is 396 g/mol. The van der Waals surface area contributed by atoms with Gasteiger partial charge < -0.3 is 24.4 Å². The number of cyclic esters (lactones) is 1. The zero-order valence-corrected chi connectivity index (χ0v) is 18.3. The average Bonchev–Trinajstić information content (AvgIpc) is 3.23. The number of aliphatic hydroxyl groups is 1. The van der Waals surface area contributed by atoms with Crippen LogP contribution >= 0.6 is 0 Å². The lowest BCUT2D eigenvalue weighted by molar-refractivity contribution is -0.100. The molecule has 2 aliphatic heterocycles. The fraction of sp³-hybridized carbons (Fsp3) is 0.522. The van der Waals surface area contributed by atoms with Crippen LogP contribution in [0.1, 0.15) is 38.7 Å². The summed E-state index contributed by atoms with van der Waals surface area (Å²) in [4.78, 5) is 25.8. The zero-order chi connectivity index (χ0) is 22.1. The van der Waals surface area contributed by atoms with Gasteiger partial charge in [-0.25, -0.2) is 14.8 Å². The number of rotatable bonds is 6. The highest BCUT2D eigenvalue weighted by atomic mass is 16.6. The van der Waals surface area contributed by atoms with Gasteiger partial charge in [-0.05, 0) is 25.8 Å². The predicted molar refractivity (Wildman–Crippen MR) is 116 cm³/mol. The maximum Gasteiger partial charge on any atom is 0.410 e. The maximum absolute atomic E-state index is 13.1. The average molecular weight is 427 g/mol. The first-order chi connectivity index (χ1) is 14.8. The number of hydrogen-bond donors (Lipinski definition) is 1. The van der Waals surface area contributed by atoms with Crippen molar-refractivity contribution in [2.75, 3.05) is 31.6 Å². The molecule has 2 aliphatic rings. The van der Waals surface area contributed by atoms with Gasteiger partial charge in [0.25, 0.3) is 0 Å². The van der Waals surface area contributed by atoms with Gasteiger partial charge >= 0.3 is 6.09 Å². The van der Waals surface area contributed by atoms with Crippen LogP contribution in [-0.4, -0.2) is 64.5 Å². The minimum absolute atomic E-state index is 0.0362. The Hall–Kier alpha value is -2.87. The van der Waals surface area contributed by atoms with Gasteiger partial charge in [0.1, 0.15) is 5.60 Å². The molecule has 0 aliphatic carbocycles. The highest BCUT2D eigenvalue weighted by molar-refractivity contribution is 5.70. The third-order valence-electron chi connectivity index (χ3n) is 6.03. The van der Waals surface area contributed by atoms with Gasteiger partial charge in [-0.2, -0.15) is 0 Å². The van der Waals surface area contributed by atoms with Crippen LogP contribution in [0.15, 0.2) is 42.7 Å². The van der Waals surface area contributed by atoms with Crippen molar-refractivity contribution >= 4 is 12.0 Å². The van der Waals surface area contributed by atoms with Crippen LogP contribution in [0.4, 0.5) is 10.7 Å². The van der Waals surface area contributed by atoms with Crippen LogP contribution in [0.2, 0.25) is 0 Å². The van der Waals surface area contributed by atoms with E-state index < -0.39 is 11.2 Å². The SMILES string of the molecule is COc1cnc(N2CC[C@H](N3CC[C@](CC(C)(C)O)(c4ccccc4)OC3=O)C2)nc1. The van der Waals surface area contributed by atoms with E-state index in [2.05, 4.69) is 14.9 Å². The molecule has 0 spiro atoms. The van der Waals surface area contributed by atoms with E-state index in [-0.39, 0.29) is 12.1 Å². The van der Waals surface area contributed by atoms with E-state index >= 15 is 0 Å². The minimum atomic E-state index is -0.964. The first-order valence-electron chi connectivity index (χ1n) is 10.7. The Balaban J connectivity index is 1.47. The molecule has 0 saturated carbocycles. The molecule has 4 rings (SSSR count). The molecule has 0 unspecified atom stereocenters. The van der Waals surface area contributed by atoms with Gasteiger partial charge in [0.05, 0.1) is 31.1 Å². The predicted octanol–water partition coefficient (Wildman–Crippen LogP) is 2.96. The van der Waals surface area contributed by atoms with E-state index in [0.717, 1.165) is 18.5 Å². The van der Waals surface area contributed by atoms with Gasteiger partial charge in [0.2, 0.25) is 5.95 Å². The second kappa shape index (κ2) is 8.34. The maximum atomic E-state index is 13.1. The highest BCUT2D eigenvalue weighted by Gasteiger charge is 2.47. The lowest BCUT2D eigenvalue weighted by Crippen LogP contribution is -2.54. The number of nitrogens with zero attached hydrogens (tertiary/aromatic N) is 4. The van der Waals surface area contributed by atoms with Crippen molar-refractivity contribution in [3.05, 3.63) is 48.3 Å². The molecular formula is C23H30N4O4. The largest absolute Gasteiger partial charge is 0.494 e. The fourth-order valence-corrected chi connectivity index (χ4v) is 4.63. The van der Waals surface area contributed by atoms with Crippen molar-refractivity contribution < 1.29 is 19.4 Å². The Morgan fingerprint density at radius 3 is 2.55 bits per heavy atom. The molecule has 3 heterocycles. The summed E-state index contributed by atoms with van der Waals surface area (Å²) in [6.07, 6.45) is 4.77. The summed E-state index contributed by atoms with van der Waals surface area (Å²) in [5, 5.41) is 10.5. The molecule has 2 aromatic rings. The molecule has 0 bridgehead atoms. The molecule has 1 aromatic carbocycles. The molecule has 2 saturated heterocycles. The molecule has 31 heavy (non-hydrogen) atoms. The number of anilines is 1. The van der Waals surface area contributed by atoms with Crippen molar-refractivity contribution in [2.45, 2.75) is 50.4 Å². The topological polar surface area (TPSA) is 88.0 Å². The summed E-state index contributed by atoms with van der Waals surface area (Å²) in [7, 11) is 1.58. The standard InChI is InChI=1S/C23H30N4O4/c1-22(2,29)16-23(17-7-5-4-6-8-17)10-12-27(21(28)31-23)18-9-11-26(15-18)20-24-13-19(30-3)14-25-20/h4-8,13-14,18,29H,9-12,15-16H2,1-3H3/t18-,23-/m0/s1. The molecule has 0 radical (unpaired) electrons. The summed E-state index contributed by atoms with van der Waals surface area (Å²) >= 11 is 0. The van der Waals surface area contributed by atoms with Crippen molar-refractivity contribution in [3.8, 4) is 5.75 Å². The van der Waals surface area contributed by atoms with Crippen molar-refractivity contribution in [3.63, 3.8) is 0 Å². The number of ether oxygens (including phenoxy) is 2. The Labute approximate surface area is 182 Å². The summed E-state index contributed by atoms with van der Waals surface area (Å²) in [5.74, 6) is 1.25. The Morgan fingerprint density at radius 1 is 1.23 bits per heavy atom. The van der Waals surface area contributed by atoms with Gasteiger partial charge in [-0.1, -0.05) is 30.3 Å². The van der Waals surface area contributed by atoms with Crippen LogP contribution in [-0.2, 0) is 10.3 Å². The molecule has 2 fully saturated rings. The van der Waals surface area contributed by atoms with Crippen molar-refractivity contribution in [1.29, 1.82) is 0 Å². The number of carbonyl (C=O) groups excluding carboxylic acids is 1. The minimum Gasteiger partial charge on any atom is -0.494 e. The van der Waals surface area contributed by atoms with Crippen molar-refractivity contribution in [2.24, 2.45) is 0 Å². The van der Waals surface area contributed by atoms with Gasteiger partial charge in [-0.15, -0.1) is 0 Å². The van der Waals surface area contributed by atoms with Gasteiger partial charge in [0.15, 0.2) is 5.75 Å². The molecule has 2 atom stereocenters. The van der Waals surface area contributed by atoms with E-state index in [0.29, 0.717) is 37.6 Å². The Morgan fingerprint density at radius 2 is 1.94 bits per heavy atom. The molecule has 1 aromatic heterocycles. The smallest absolute Gasteiger partial charge is 0.410 e. The highest BCUT2D eigenvalue weighted by Crippen LogP contribution is 2.41. The van der Waals surface area contributed by atoms with Crippen LogP contribution in [0.5, 0.6) is 5.75 Å². The summed E-state index contributed by atoms with van der Waals surface area (Å²) in [5.41, 5.74) is -0.872. The lowest BCUT2D eigenvalue weighted by Gasteiger charge is -2.45. The van der Waals surface area contributed by atoms with E-state index in [1.165, 1.54) is 0 Å². The van der Waals surface area contributed by atoms with Crippen LogP contribution in [0.3, 0.4) is 0 Å². The summed E-state index contributed by atoms with van der Waals surface area (Å²) in [6, 6.07) is 9.78. The van der Waals surface area contributed by atoms with E-state index in [1.54, 1.807) is 33.4 Å². The fourth-order valence-electron chi connectivity index (χ4n) is 4.63. The monoisotopic (exact) mass is 426 g/mol. The molecule has 8 nitrogen and oxygen atoms in total. The van der Waals surface area contributed by atoms with Crippen LogP contribution < -0.4 is 9.64 Å². The van der Waals surface area contributed by atoms with Crippen molar-refractivity contribution in [1.82, 2.24) is 14.9 Å². The summed E-state index contributed by atoms with van der Waals surface area (Å²) in [6.45, 7) is 5.51. The number of benzene rings is 1. The van der Waals surface area contributed by atoms with Crippen LogP contribution in [0, 0.1) is 0 Å². The number of carbonyl (C=O) groups is 1. The third kappa shape index (κ3) is 4.58. The normalized spacial score (nSPS) is 24.3. The molecule has 1 amide bonds. The molecule has 1 N–H and O–H groups in total. The third-order valence-corrected chi connectivity index (χ3v) is 6.03. The number of aromatic nitrogens is 2. The van der Waals surface area contributed by atoms with E-state index in [4.69, 9.17) is 9.47 Å². The first kappa shape index (κ1) is 21.4. The van der Waals surface area contributed by atoms with Gasteiger partial charge in [0, 0.05) is 32.5 Å². The van der Waals surface area contributed by atoms with E-state index in [9.17, 15) is 9.90 Å². The number of hydrogen-bond acceptors (Lipinski definition) is 7. The second-order valence-corrected chi connectivity index (χ2v) is 8.97. The van der Waals surface area contributed by atoms with Gasteiger partial charge in [-0.3, -0.25) is 0 Å². The number of amides is 1. The zero-order valence-electron chi connectivity index (χ0n) is 18.3. The first-order valence-corrected chi connectivity index (χ1v) is 10.7. The quantitative estimate of drug-likeness (QED) is 0.760. The Kier molecular flexibility index (Phi) is 5.75. The Bertz CT molecular complexity index is 900. The lowest BCUT2D eigenvalue weighted by atomic mass is 9.80.